The molecule has 1 atom stereocenters. The third kappa shape index (κ3) is 3.66. The van der Waals surface area contributed by atoms with E-state index in [1.165, 1.54) is 31.2 Å². The van der Waals surface area contributed by atoms with Crippen LogP contribution >= 0.6 is 0 Å². The lowest BCUT2D eigenvalue weighted by molar-refractivity contribution is 0.307. The van der Waals surface area contributed by atoms with Crippen LogP contribution in [0.25, 0.3) is 0 Å². The largest absolute Gasteiger partial charge is 0.493 e. The maximum absolute atomic E-state index is 5.62. The highest BCUT2D eigenvalue weighted by atomic mass is 16.5. The van der Waals surface area contributed by atoms with Crippen LogP contribution in [0.5, 0.6) is 11.5 Å². The summed E-state index contributed by atoms with van der Waals surface area (Å²) in [6.45, 7) is 5.79. The normalized spacial score (nSPS) is 17.1. The first-order valence-electron chi connectivity index (χ1n) is 7.78. The van der Waals surface area contributed by atoms with E-state index in [4.69, 9.17) is 9.47 Å². The predicted octanol–water partition coefficient (Wildman–Crippen LogP) is 3.76. The number of para-hydroxylation sites is 1. The topological polar surface area (TPSA) is 30.5 Å². The third-order valence-corrected chi connectivity index (χ3v) is 4.29. The molecule has 1 aliphatic rings. The minimum atomic E-state index is 0.568. The zero-order valence-electron chi connectivity index (χ0n) is 12.9. The number of methoxy groups -OCH3 is 1. The Bertz CT molecular complexity index is 413. The highest BCUT2D eigenvalue weighted by Crippen LogP contribution is 2.32. The molecule has 3 nitrogen and oxygen atoms in total. The van der Waals surface area contributed by atoms with Crippen LogP contribution in [-0.4, -0.2) is 19.8 Å². The van der Waals surface area contributed by atoms with E-state index in [9.17, 15) is 0 Å². The number of nitrogens with one attached hydrogen (secondary N) is 1. The average molecular weight is 277 g/mol. The fourth-order valence-electron chi connectivity index (χ4n) is 3.10. The molecule has 0 aliphatic heterocycles. The average Bonchev–Trinajstić information content (AvgIpc) is 2.99. The summed E-state index contributed by atoms with van der Waals surface area (Å²) in [4.78, 5) is 0. The van der Waals surface area contributed by atoms with Gasteiger partial charge >= 0.3 is 0 Å². The standard InChI is InChI=1S/C17H27NO2/c1-4-20-16-11-7-10-15(17(16)19-3)12-18-13(2)14-8-5-6-9-14/h7,10-11,13-14,18H,4-6,8-9,12H2,1-3H3/t13-/m1/s1. The van der Waals surface area contributed by atoms with Gasteiger partial charge in [0.2, 0.25) is 0 Å². The van der Waals surface area contributed by atoms with Gasteiger partial charge in [0.05, 0.1) is 13.7 Å². The maximum atomic E-state index is 5.62. The summed E-state index contributed by atoms with van der Waals surface area (Å²) in [6, 6.07) is 6.67. The van der Waals surface area contributed by atoms with Crippen LogP contribution in [0, 0.1) is 5.92 Å². The molecule has 0 saturated heterocycles. The Labute approximate surface area is 122 Å². The number of hydrogen-bond acceptors (Lipinski definition) is 3. The molecule has 1 aromatic rings. The molecule has 0 radical (unpaired) electrons. The van der Waals surface area contributed by atoms with Crippen molar-refractivity contribution in [3.63, 3.8) is 0 Å². The Kier molecular flexibility index (Phi) is 5.72. The van der Waals surface area contributed by atoms with Crippen LogP contribution in [0.1, 0.15) is 45.1 Å². The Balaban J connectivity index is 1.99. The number of benzene rings is 1. The predicted molar refractivity (Wildman–Crippen MR) is 82.4 cm³/mol. The molecule has 1 aliphatic carbocycles. The first-order valence-corrected chi connectivity index (χ1v) is 7.78. The Morgan fingerprint density at radius 1 is 1.30 bits per heavy atom. The zero-order chi connectivity index (χ0) is 14.4. The van der Waals surface area contributed by atoms with Gasteiger partial charge in [-0.2, -0.15) is 0 Å². The zero-order valence-corrected chi connectivity index (χ0v) is 12.9. The molecule has 0 amide bonds. The molecule has 0 bridgehead atoms. The molecular formula is C17H27NO2. The van der Waals surface area contributed by atoms with E-state index in [1.807, 2.05) is 19.1 Å². The summed E-state index contributed by atoms with van der Waals surface area (Å²) >= 11 is 0. The molecule has 0 heterocycles. The first kappa shape index (κ1) is 15.2. The molecule has 0 unspecified atom stereocenters. The van der Waals surface area contributed by atoms with Crippen molar-refractivity contribution in [1.82, 2.24) is 5.32 Å². The van der Waals surface area contributed by atoms with Gasteiger partial charge in [-0.3, -0.25) is 0 Å². The molecule has 2 rings (SSSR count). The Hall–Kier alpha value is -1.22. The van der Waals surface area contributed by atoms with E-state index in [0.29, 0.717) is 12.6 Å². The van der Waals surface area contributed by atoms with Crippen LogP contribution in [-0.2, 0) is 6.54 Å². The van der Waals surface area contributed by atoms with Crippen molar-refractivity contribution in [1.29, 1.82) is 0 Å². The van der Waals surface area contributed by atoms with Crippen LogP contribution < -0.4 is 14.8 Å². The van der Waals surface area contributed by atoms with Crippen molar-refractivity contribution in [3.8, 4) is 11.5 Å². The molecule has 1 saturated carbocycles. The van der Waals surface area contributed by atoms with Gasteiger partial charge in [0.15, 0.2) is 11.5 Å². The fraction of sp³-hybridized carbons (Fsp3) is 0.647. The summed E-state index contributed by atoms with van der Waals surface area (Å²) in [5, 5.41) is 3.65. The van der Waals surface area contributed by atoms with Crippen molar-refractivity contribution in [3.05, 3.63) is 23.8 Å². The van der Waals surface area contributed by atoms with Crippen LogP contribution in [0.4, 0.5) is 0 Å². The van der Waals surface area contributed by atoms with Crippen molar-refractivity contribution < 1.29 is 9.47 Å². The smallest absolute Gasteiger partial charge is 0.165 e. The van der Waals surface area contributed by atoms with Crippen molar-refractivity contribution >= 4 is 0 Å². The summed E-state index contributed by atoms with van der Waals surface area (Å²) in [6.07, 6.45) is 5.51. The van der Waals surface area contributed by atoms with E-state index in [-0.39, 0.29) is 0 Å². The van der Waals surface area contributed by atoms with Crippen LogP contribution in [0.15, 0.2) is 18.2 Å². The highest BCUT2D eigenvalue weighted by Gasteiger charge is 2.21. The Morgan fingerprint density at radius 3 is 2.70 bits per heavy atom. The van der Waals surface area contributed by atoms with E-state index < -0.39 is 0 Å². The van der Waals surface area contributed by atoms with Gasteiger partial charge in [-0.1, -0.05) is 25.0 Å². The minimum Gasteiger partial charge on any atom is -0.493 e. The third-order valence-electron chi connectivity index (χ3n) is 4.29. The highest BCUT2D eigenvalue weighted by molar-refractivity contribution is 5.46. The molecular weight excluding hydrogens is 250 g/mol. The van der Waals surface area contributed by atoms with Crippen LogP contribution in [0.3, 0.4) is 0 Å². The van der Waals surface area contributed by atoms with Gasteiger partial charge in [0.1, 0.15) is 0 Å². The van der Waals surface area contributed by atoms with Gasteiger partial charge in [0.25, 0.3) is 0 Å². The van der Waals surface area contributed by atoms with Gasteiger partial charge in [0, 0.05) is 18.2 Å². The SMILES string of the molecule is CCOc1cccc(CN[C@H](C)C2CCCC2)c1OC. The molecule has 20 heavy (non-hydrogen) atoms. The molecule has 1 N–H and O–H groups in total. The molecule has 3 heteroatoms. The fourth-order valence-corrected chi connectivity index (χ4v) is 3.10. The number of hydrogen-bond donors (Lipinski definition) is 1. The molecule has 1 fully saturated rings. The van der Waals surface area contributed by atoms with Crippen LogP contribution in [0.2, 0.25) is 0 Å². The summed E-state index contributed by atoms with van der Waals surface area (Å²) in [5.41, 5.74) is 1.17. The molecule has 1 aromatic carbocycles. The summed E-state index contributed by atoms with van der Waals surface area (Å²) in [5.74, 6) is 2.53. The van der Waals surface area contributed by atoms with Gasteiger partial charge in [-0.05, 0) is 38.7 Å². The molecule has 112 valence electrons. The lowest BCUT2D eigenvalue weighted by atomic mass is 9.99. The lowest BCUT2D eigenvalue weighted by Crippen LogP contribution is -2.31. The second kappa shape index (κ2) is 7.53. The molecule has 0 aromatic heterocycles. The first-order chi connectivity index (χ1) is 9.76. The van der Waals surface area contributed by atoms with Gasteiger partial charge in [-0.15, -0.1) is 0 Å². The summed E-state index contributed by atoms with van der Waals surface area (Å²) in [7, 11) is 1.71. The number of ether oxygens (including phenoxy) is 2. The van der Waals surface area contributed by atoms with E-state index >= 15 is 0 Å². The second-order valence-electron chi connectivity index (χ2n) is 5.60. The van der Waals surface area contributed by atoms with E-state index in [0.717, 1.165) is 24.0 Å². The van der Waals surface area contributed by atoms with Gasteiger partial charge < -0.3 is 14.8 Å². The van der Waals surface area contributed by atoms with Crippen molar-refractivity contribution in [2.75, 3.05) is 13.7 Å². The van der Waals surface area contributed by atoms with Gasteiger partial charge in [-0.25, -0.2) is 0 Å². The molecule has 0 spiro atoms. The minimum absolute atomic E-state index is 0.568. The number of rotatable bonds is 7. The maximum Gasteiger partial charge on any atom is 0.165 e. The van der Waals surface area contributed by atoms with Crippen molar-refractivity contribution in [2.24, 2.45) is 5.92 Å². The van der Waals surface area contributed by atoms with E-state index in [2.05, 4.69) is 18.3 Å². The quantitative estimate of drug-likeness (QED) is 0.823. The van der Waals surface area contributed by atoms with E-state index in [1.54, 1.807) is 7.11 Å². The summed E-state index contributed by atoms with van der Waals surface area (Å²) < 4.78 is 11.1. The second-order valence-corrected chi connectivity index (χ2v) is 5.60. The monoisotopic (exact) mass is 277 g/mol. The Morgan fingerprint density at radius 2 is 2.05 bits per heavy atom. The van der Waals surface area contributed by atoms with Crippen molar-refractivity contribution in [2.45, 2.75) is 52.1 Å². The lowest BCUT2D eigenvalue weighted by Gasteiger charge is -2.21.